The molecule has 0 fully saturated rings. The molecule has 0 unspecified atom stereocenters. The van der Waals surface area contributed by atoms with E-state index in [1.54, 1.807) is 0 Å². The van der Waals surface area contributed by atoms with Crippen LogP contribution in [0.5, 0.6) is 23.0 Å². The van der Waals surface area contributed by atoms with Gasteiger partial charge in [0.15, 0.2) is 0 Å². The average molecular weight is 790 g/mol. The molecular formula is C42H48Ge2N2O4. The van der Waals surface area contributed by atoms with Crippen molar-refractivity contribution < 1.29 is 18.9 Å². The molecule has 0 saturated heterocycles. The Morgan fingerprint density at radius 3 is 1.12 bits per heavy atom. The molecule has 0 aliphatic carbocycles. The van der Waals surface area contributed by atoms with E-state index in [-0.39, 0.29) is 0 Å². The van der Waals surface area contributed by atoms with Crippen LogP contribution in [-0.4, -0.2) is 58.0 Å². The molecule has 6 radical (unpaired) electrons. The van der Waals surface area contributed by atoms with Gasteiger partial charge in [-0.1, -0.05) is 0 Å². The summed E-state index contributed by atoms with van der Waals surface area (Å²) in [6.07, 6.45) is 0. The minimum atomic E-state index is 0.295. The Morgan fingerprint density at radius 2 is 0.820 bits per heavy atom. The van der Waals surface area contributed by atoms with Crippen LogP contribution in [0.4, 0.5) is 11.4 Å². The molecule has 6 nitrogen and oxygen atoms in total. The molecule has 2 aliphatic heterocycles. The average Bonchev–Trinajstić information content (AvgIpc) is 3.76. The maximum absolute atomic E-state index is 5.62. The molecule has 258 valence electrons. The van der Waals surface area contributed by atoms with Gasteiger partial charge in [-0.25, -0.2) is 0 Å². The van der Waals surface area contributed by atoms with Gasteiger partial charge in [0, 0.05) is 0 Å². The summed E-state index contributed by atoms with van der Waals surface area (Å²) in [5, 5.41) is 0. The number of para-hydroxylation sites is 2. The van der Waals surface area contributed by atoms with Crippen LogP contribution >= 0.6 is 0 Å². The third-order valence-electron chi connectivity index (χ3n) is 9.10. The van der Waals surface area contributed by atoms with E-state index < -0.39 is 0 Å². The molecule has 0 aromatic heterocycles. The Labute approximate surface area is 315 Å². The van der Waals surface area contributed by atoms with E-state index in [2.05, 4.69) is 151 Å². The quantitative estimate of drug-likeness (QED) is 0.132. The Bertz CT molecular complexity index is 1740. The zero-order valence-electron chi connectivity index (χ0n) is 31.0. The molecule has 6 rings (SSSR count). The van der Waals surface area contributed by atoms with Crippen molar-refractivity contribution in [2.75, 3.05) is 13.6 Å². The van der Waals surface area contributed by atoms with Gasteiger partial charge in [-0.2, -0.15) is 0 Å². The van der Waals surface area contributed by atoms with Crippen molar-refractivity contribution in [1.82, 2.24) is 0 Å². The van der Waals surface area contributed by atoms with Gasteiger partial charge >= 0.3 is 317 Å². The van der Waals surface area contributed by atoms with Gasteiger partial charge in [0.1, 0.15) is 0 Å². The molecule has 0 saturated carbocycles. The van der Waals surface area contributed by atoms with Gasteiger partial charge in [-0.15, -0.1) is 0 Å². The van der Waals surface area contributed by atoms with Crippen LogP contribution in [0.15, 0.2) is 70.6 Å². The fourth-order valence-corrected chi connectivity index (χ4v) is 8.21. The van der Waals surface area contributed by atoms with Gasteiger partial charge < -0.3 is 0 Å². The summed E-state index contributed by atoms with van der Waals surface area (Å²) in [4.78, 5) is 10.2. The van der Waals surface area contributed by atoms with E-state index in [0.29, 0.717) is 37.3 Å². The van der Waals surface area contributed by atoms with E-state index in [1.165, 1.54) is 22.3 Å². The van der Waals surface area contributed by atoms with Crippen molar-refractivity contribution in [3.05, 3.63) is 94.0 Å². The Morgan fingerprint density at radius 1 is 0.500 bits per heavy atom. The summed E-state index contributed by atoms with van der Waals surface area (Å²) in [7, 11) is 0. The van der Waals surface area contributed by atoms with Crippen molar-refractivity contribution >= 4 is 64.6 Å². The summed E-state index contributed by atoms with van der Waals surface area (Å²) in [6, 6.07) is 21.1. The fourth-order valence-electron chi connectivity index (χ4n) is 6.29. The fraction of sp³-hybridized carbons (Fsp3) is 0.381. The Kier molecular flexibility index (Phi) is 12.3. The zero-order chi connectivity index (χ0) is 36.3. The van der Waals surface area contributed by atoms with Crippen LogP contribution in [0.25, 0.3) is 0 Å². The predicted molar refractivity (Wildman–Crippen MR) is 209 cm³/mol. The molecule has 2 aliphatic rings. The first kappa shape index (κ1) is 37.8. The zero-order valence-corrected chi connectivity index (χ0v) is 35.2. The molecule has 0 amide bonds. The number of hydrogen-bond donors (Lipinski definition) is 0. The van der Waals surface area contributed by atoms with Gasteiger partial charge in [-0.3, -0.25) is 0 Å². The van der Waals surface area contributed by atoms with Crippen LogP contribution in [0.3, 0.4) is 0 Å². The van der Waals surface area contributed by atoms with Gasteiger partial charge in [0.2, 0.25) is 0 Å². The molecule has 0 bridgehead atoms. The molecule has 2 heterocycles. The SMILES string of the molecule is CC(=Nc1c(C(C)C)cccc1C(C)C)c1ccc2c([c]1[Ge])OCO2.CC(=Nc1c(C(C)C)cccc1C(C)C)c1ccc2c([c]1[Ge])OCO2. The second-order valence-electron chi connectivity index (χ2n) is 14.0. The number of hydrogen-bond acceptors (Lipinski definition) is 6. The van der Waals surface area contributed by atoms with E-state index >= 15 is 0 Å². The van der Waals surface area contributed by atoms with Crippen LogP contribution in [-0.2, 0) is 0 Å². The predicted octanol–water partition coefficient (Wildman–Crippen LogP) is 9.19. The molecule has 0 N–H and O–H groups in total. The minimum absolute atomic E-state index is 0.295. The van der Waals surface area contributed by atoms with Crippen molar-refractivity contribution in [2.45, 2.75) is 92.9 Å². The second-order valence-corrected chi connectivity index (χ2v) is 16.1. The number of ether oxygens (including phenoxy) is 4. The third-order valence-corrected chi connectivity index (χ3v) is 11.2. The van der Waals surface area contributed by atoms with Crippen LogP contribution in [0.1, 0.15) is 126 Å². The topological polar surface area (TPSA) is 61.6 Å². The normalized spacial score (nSPS) is 13.8. The molecule has 0 atom stereocenters. The van der Waals surface area contributed by atoms with E-state index in [9.17, 15) is 0 Å². The number of benzene rings is 4. The monoisotopic (exact) mass is 792 g/mol. The summed E-state index contributed by atoms with van der Waals surface area (Å²) in [5.74, 6) is 5.05. The molecule has 4 aromatic carbocycles. The number of fused-ring (bicyclic) bond motifs is 2. The van der Waals surface area contributed by atoms with Gasteiger partial charge in [0.05, 0.1) is 0 Å². The molecular weight excluding hydrogens is 742 g/mol. The summed E-state index contributed by atoms with van der Waals surface area (Å²) in [5.41, 5.74) is 11.6. The first-order chi connectivity index (χ1) is 23.8. The Balaban J connectivity index is 0.000000194. The van der Waals surface area contributed by atoms with E-state index in [4.69, 9.17) is 28.9 Å². The van der Waals surface area contributed by atoms with Gasteiger partial charge in [-0.05, 0) is 0 Å². The number of rotatable bonds is 8. The van der Waals surface area contributed by atoms with Crippen LogP contribution in [0.2, 0.25) is 0 Å². The standard InChI is InChI=1S/2C21H24GeNO2/c2*1-12(2)15-7-6-8-16(13(3)4)20(15)23-14(5)17-9-10-18-21(19(17)22)25-11-24-18/h2*6-10,12-13H,11H2,1-5H3. The first-order valence-electron chi connectivity index (χ1n) is 17.4. The molecule has 4 aromatic rings. The van der Waals surface area contributed by atoms with Crippen molar-refractivity contribution in [1.29, 1.82) is 0 Å². The van der Waals surface area contributed by atoms with Crippen LogP contribution in [0, 0.1) is 0 Å². The summed E-state index contributed by atoms with van der Waals surface area (Å²) in [6.45, 7) is 22.5. The van der Waals surface area contributed by atoms with Crippen molar-refractivity contribution in [3.8, 4) is 23.0 Å². The van der Waals surface area contributed by atoms with Crippen LogP contribution < -0.4 is 27.7 Å². The van der Waals surface area contributed by atoms with Crippen molar-refractivity contribution in [3.63, 3.8) is 0 Å². The molecule has 50 heavy (non-hydrogen) atoms. The van der Waals surface area contributed by atoms with Crippen molar-refractivity contribution in [2.24, 2.45) is 9.98 Å². The third kappa shape index (κ3) is 8.02. The Hall–Kier alpha value is -3.49. The summed E-state index contributed by atoms with van der Waals surface area (Å²) >= 11 is 4.14. The number of aliphatic imine (C=N–C) groups is 2. The first-order valence-corrected chi connectivity index (χ1v) is 19.5. The van der Waals surface area contributed by atoms with E-state index in [0.717, 1.165) is 65.7 Å². The van der Waals surface area contributed by atoms with E-state index in [1.807, 2.05) is 12.1 Å². The number of nitrogens with zero attached hydrogens (tertiary/aromatic N) is 2. The maximum atomic E-state index is 5.62. The molecule has 0 spiro atoms. The molecule has 8 heteroatoms. The summed E-state index contributed by atoms with van der Waals surface area (Å²) < 4.78 is 24.4. The second kappa shape index (κ2) is 16.2. The van der Waals surface area contributed by atoms with Gasteiger partial charge in [0.25, 0.3) is 0 Å².